The molecule has 0 aromatic heterocycles. The van der Waals surface area contributed by atoms with Crippen LogP contribution in [-0.2, 0) is 17.6 Å². The molecule has 0 heterocycles. The molecule has 0 fully saturated rings. The second kappa shape index (κ2) is 7.59. The molecule has 3 nitrogen and oxygen atoms in total. The Hall–Kier alpha value is -2.36. The van der Waals surface area contributed by atoms with Crippen LogP contribution < -0.4 is 10.6 Å². The van der Waals surface area contributed by atoms with Crippen LogP contribution in [0.1, 0.15) is 25.0 Å². The van der Waals surface area contributed by atoms with E-state index in [1.54, 1.807) is 18.2 Å². The number of nitrogens with one attached hydrogen (secondary N) is 2. The predicted molar refractivity (Wildman–Crippen MR) is 88.7 cm³/mol. The van der Waals surface area contributed by atoms with Gasteiger partial charge in [0.15, 0.2) is 0 Å². The Morgan fingerprint density at radius 2 is 1.64 bits per heavy atom. The van der Waals surface area contributed by atoms with Crippen LogP contribution in [0.4, 0.5) is 15.8 Å². The van der Waals surface area contributed by atoms with Crippen LogP contribution in [0, 0.1) is 5.82 Å². The van der Waals surface area contributed by atoms with Crippen molar-refractivity contribution in [1.82, 2.24) is 0 Å². The summed E-state index contributed by atoms with van der Waals surface area (Å²) in [5.41, 5.74) is 3.43. The minimum atomic E-state index is -0.362. The molecule has 0 unspecified atom stereocenters. The van der Waals surface area contributed by atoms with Crippen LogP contribution in [0.3, 0.4) is 0 Å². The first-order valence-corrected chi connectivity index (χ1v) is 7.54. The molecule has 2 aromatic rings. The molecule has 0 spiro atoms. The lowest BCUT2D eigenvalue weighted by Crippen LogP contribution is -2.23. The van der Waals surface area contributed by atoms with Crippen LogP contribution in [0.5, 0.6) is 0 Å². The molecule has 22 heavy (non-hydrogen) atoms. The highest BCUT2D eigenvalue weighted by Gasteiger charge is 2.10. The number of rotatable bonds is 6. The van der Waals surface area contributed by atoms with Crippen molar-refractivity contribution < 1.29 is 9.18 Å². The Morgan fingerprint density at radius 3 is 2.23 bits per heavy atom. The quantitative estimate of drug-likeness (QED) is 0.846. The van der Waals surface area contributed by atoms with E-state index in [0.717, 1.165) is 29.7 Å². The number of para-hydroxylation sites is 2. The van der Waals surface area contributed by atoms with Gasteiger partial charge in [-0.05, 0) is 36.1 Å². The Kier molecular flexibility index (Phi) is 5.53. The van der Waals surface area contributed by atoms with Crippen molar-refractivity contribution in [1.29, 1.82) is 0 Å². The highest BCUT2D eigenvalue weighted by atomic mass is 19.1. The molecule has 0 aliphatic rings. The number of hydrogen-bond donors (Lipinski definition) is 2. The number of halogens is 1. The molecular weight excluding hydrogens is 279 g/mol. The summed E-state index contributed by atoms with van der Waals surface area (Å²) in [5, 5.41) is 5.77. The van der Waals surface area contributed by atoms with Crippen molar-refractivity contribution in [2.45, 2.75) is 26.7 Å². The molecule has 0 saturated carbocycles. The SMILES string of the molecule is CCc1cccc(CC)c1NC(=O)CNc1ccccc1F. The zero-order chi connectivity index (χ0) is 15.9. The van der Waals surface area contributed by atoms with Crippen LogP contribution in [0.15, 0.2) is 42.5 Å². The lowest BCUT2D eigenvalue weighted by atomic mass is 10.0. The molecule has 2 rings (SSSR count). The van der Waals surface area contributed by atoms with Gasteiger partial charge in [-0.3, -0.25) is 4.79 Å². The van der Waals surface area contributed by atoms with Crippen molar-refractivity contribution >= 4 is 17.3 Å². The van der Waals surface area contributed by atoms with E-state index in [2.05, 4.69) is 24.5 Å². The van der Waals surface area contributed by atoms with Crippen LogP contribution in [0.25, 0.3) is 0 Å². The predicted octanol–water partition coefficient (Wildman–Crippen LogP) is 4.00. The average Bonchev–Trinajstić information content (AvgIpc) is 2.54. The number of benzene rings is 2. The summed E-state index contributed by atoms with van der Waals surface area (Å²) in [5.74, 6) is -0.544. The summed E-state index contributed by atoms with van der Waals surface area (Å²) < 4.78 is 13.5. The fourth-order valence-electron chi connectivity index (χ4n) is 2.37. The molecule has 0 aliphatic heterocycles. The summed E-state index contributed by atoms with van der Waals surface area (Å²) in [4.78, 5) is 12.1. The second-order valence-corrected chi connectivity index (χ2v) is 5.04. The Bertz CT molecular complexity index is 633. The van der Waals surface area contributed by atoms with Crippen molar-refractivity contribution in [3.8, 4) is 0 Å². The first-order chi connectivity index (χ1) is 10.7. The van der Waals surface area contributed by atoms with E-state index in [0.29, 0.717) is 5.69 Å². The summed E-state index contributed by atoms with van der Waals surface area (Å²) >= 11 is 0. The maximum atomic E-state index is 13.5. The molecule has 1 amide bonds. The number of anilines is 2. The van der Waals surface area contributed by atoms with Crippen molar-refractivity contribution in [3.63, 3.8) is 0 Å². The lowest BCUT2D eigenvalue weighted by molar-refractivity contribution is -0.114. The molecule has 2 N–H and O–H groups in total. The number of carbonyl (C=O) groups excluding carboxylic acids is 1. The summed E-state index contributed by atoms with van der Waals surface area (Å²) in [6.45, 7) is 4.15. The minimum Gasteiger partial charge on any atom is -0.374 e. The largest absolute Gasteiger partial charge is 0.374 e. The first kappa shape index (κ1) is 16.0. The van der Waals surface area contributed by atoms with E-state index in [1.165, 1.54) is 6.07 Å². The van der Waals surface area contributed by atoms with Gasteiger partial charge in [-0.15, -0.1) is 0 Å². The van der Waals surface area contributed by atoms with E-state index in [4.69, 9.17) is 0 Å². The zero-order valence-corrected chi connectivity index (χ0v) is 12.9. The standard InChI is InChI=1S/C18H21FN2O/c1-3-13-8-7-9-14(4-2)18(13)21-17(22)12-20-16-11-6-5-10-15(16)19/h5-11,20H,3-4,12H2,1-2H3,(H,21,22). The summed E-state index contributed by atoms with van der Waals surface area (Å²) in [7, 11) is 0. The number of carbonyl (C=O) groups is 1. The molecule has 0 radical (unpaired) electrons. The van der Waals surface area contributed by atoms with E-state index in [9.17, 15) is 9.18 Å². The topological polar surface area (TPSA) is 41.1 Å². The number of amides is 1. The number of hydrogen-bond acceptors (Lipinski definition) is 2. The zero-order valence-electron chi connectivity index (χ0n) is 12.9. The Balaban J connectivity index is 2.05. The highest BCUT2D eigenvalue weighted by molar-refractivity contribution is 5.95. The van der Waals surface area contributed by atoms with E-state index >= 15 is 0 Å². The third kappa shape index (κ3) is 3.85. The van der Waals surface area contributed by atoms with Gasteiger partial charge in [0, 0.05) is 5.69 Å². The maximum absolute atomic E-state index is 13.5. The minimum absolute atomic E-state index is 0.0299. The second-order valence-electron chi connectivity index (χ2n) is 5.04. The van der Waals surface area contributed by atoms with Gasteiger partial charge in [0.2, 0.25) is 5.91 Å². The summed E-state index contributed by atoms with van der Waals surface area (Å²) in [6, 6.07) is 12.3. The molecule has 0 bridgehead atoms. The van der Waals surface area contributed by atoms with Gasteiger partial charge in [-0.25, -0.2) is 4.39 Å². The molecule has 0 saturated heterocycles. The first-order valence-electron chi connectivity index (χ1n) is 7.54. The smallest absolute Gasteiger partial charge is 0.243 e. The van der Waals surface area contributed by atoms with Crippen LogP contribution in [-0.4, -0.2) is 12.5 Å². The molecule has 4 heteroatoms. The van der Waals surface area contributed by atoms with Crippen LogP contribution >= 0.6 is 0 Å². The Morgan fingerprint density at radius 1 is 1.00 bits per heavy atom. The van der Waals surface area contributed by atoms with Gasteiger partial charge in [0.1, 0.15) is 5.82 Å². The molecule has 2 aromatic carbocycles. The van der Waals surface area contributed by atoms with E-state index < -0.39 is 0 Å². The van der Waals surface area contributed by atoms with Crippen LogP contribution in [0.2, 0.25) is 0 Å². The van der Waals surface area contributed by atoms with Crippen molar-refractivity contribution in [2.75, 3.05) is 17.2 Å². The monoisotopic (exact) mass is 300 g/mol. The highest BCUT2D eigenvalue weighted by Crippen LogP contribution is 2.22. The van der Waals surface area contributed by atoms with Gasteiger partial charge in [-0.1, -0.05) is 44.2 Å². The molecule has 0 aliphatic carbocycles. The fourth-order valence-corrected chi connectivity index (χ4v) is 2.37. The fraction of sp³-hybridized carbons (Fsp3) is 0.278. The van der Waals surface area contributed by atoms with Gasteiger partial charge < -0.3 is 10.6 Å². The molecule has 116 valence electrons. The lowest BCUT2D eigenvalue weighted by Gasteiger charge is -2.15. The third-order valence-electron chi connectivity index (χ3n) is 3.58. The van der Waals surface area contributed by atoms with Gasteiger partial charge in [0.05, 0.1) is 12.2 Å². The summed E-state index contributed by atoms with van der Waals surface area (Å²) in [6.07, 6.45) is 1.70. The molecular formula is C18H21FN2O. The maximum Gasteiger partial charge on any atom is 0.243 e. The Labute approximate surface area is 130 Å². The van der Waals surface area contributed by atoms with Crippen molar-refractivity contribution in [2.24, 2.45) is 0 Å². The molecule has 0 atom stereocenters. The third-order valence-corrected chi connectivity index (χ3v) is 3.58. The van der Waals surface area contributed by atoms with E-state index in [1.807, 2.05) is 18.2 Å². The van der Waals surface area contributed by atoms with Gasteiger partial charge in [0.25, 0.3) is 0 Å². The van der Waals surface area contributed by atoms with Gasteiger partial charge >= 0.3 is 0 Å². The van der Waals surface area contributed by atoms with E-state index in [-0.39, 0.29) is 18.3 Å². The van der Waals surface area contributed by atoms with Gasteiger partial charge in [-0.2, -0.15) is 0 Å². The normalized spacial score (nSPS) is 10.3. The average molecular weight is 300 g/mol. The van der Waals surface area contributed by atoms with Crippen molar-refractivity contribution in [3.05, 3.63) is 59.4 Å². The number of aryl methyl sites for hydroxylation is 2.